The summed E-state index contributed by atoms with van der Waals surface area (Å²) in [5.74, 6) is -1.53. The van der Waals surface area contributed by atoms with Crippen LogP contribution in [0.1, 0.15) is 36.1 Å². The Morgan fingerprint density at radius 3 is 2.42 bits per heavy atom. The summed E-state index contributed by atoms with van der Waals surface area (Å²) in [6, 6.07) is 6.82. The lowest BCUT2D eigenvalue weighted by Gasteiger charge is -2.11. The van der Waals surface area contributed by atoms with Gasteiger partial charge >= 0.3 is 6.18 Å². The maximum Gasteiger partial charge on any atom is 0.453 e. The number of aromatic nitrogens is 4. The highest BCUT2D eigenvalue weighted by molar-refractivity contribution is 5.94. The molecule has 176 valence electrons. The number of benzene rings is 1. The van der Waals surface area contributed by atoms with Gasteiger partial charge in [0.2, 0.25) is 11.8 Å². The molecule has 2 amide bonds. The third-order valence-electron chi connectivity index (χ3n) is 4.80. The molecule has 3 aromatic rings. The fourth-order valence-corrected chi connectivity index (χ4v) is 3.20. The van der Waals surface area contributed by atoms with Crippen molar-refractivity contribution in [2.24, 2.45) is 0 Å². The normalized spacial score (nSPS) is 11.5. The molecule has 0 aliphatic carbocycles. The summed E-state index contributed by atoms with van der Waals surface area (Å²) in [6.07, 6.45) is -4.44. The Balaban J connectivity index is 1.55. The fourth-order valence-electron chi connectivity index (χ4n) is 3.20. The second-order valence-corrected chi connectivity index (χ2v) is 7.19. The van der Waals surface area contributed by atoms with Crippen LogP contribution in [0.4, 0.5) is 18.9 Å². The Morgan fingerprint density at radius 1 is 1.09 bits per heavy atom. The predicted octanol–water partition coefficient (Wildman–Crippen LogP) is 2.85. The number of amides is 2. The lowest BCUT2D eigenvalue weighted by Crippen LogP contribution is -2.33. The number of aryl methyl sites for hydroxylation is 2. The minimum atomic E-state index is -4.68. The van der Waals surface area contributed by atoms with E-state index < -0.39 is 17.9 Å². The van der Waals surface area contributed by atoms with Gasteiger partial charge in [0, 0.05) is 23.5 Å². The second-order valence-electron chi connectivity index (χ2n) is 7.19. The summed E-state index contributed by atoms with van der Waals surface area (Å²) in [4.78, 5) is 31.8. The molecule has 2 aromatic heterocycles. The minimum Gasteiger partial charge on any atom is -0.494 e. The molecular weight excluding hydrogens is 441 g/mol. The molecule has 0 fully saturated rings. The van der Waals surface area contributed by atoms with Gasteiger partial charge in [0.05, 0.1) is 13.2 Å². The number of anilines is 1. The van der Waals surface area contributed by atoms with Crippen LogP contribution in [-0.4, -0.2) is 44.5 Å². The van der Waals surface area contributed by atoms with E-state index in [9.17, 15) is 22.8 Å². The van der Waals surface area contributed by atoms with Gasteiger partial charge < -0.3 is 15.4 Å². The summed E-state index contributed by atoms with van der Waals surface area (Å²) in [5, 5.41) is 8.67. The topological polar surface area (TPSA) is 111 Å². The van der Waals surface area contributed by atoms with Gasteiger partial charge in [-0.05, 0) is 57.0 Å². The number of fused-ring (bicyclic) bond motifs is 1. The number of rotatable bonds is 8. The lowest BCUT2D eigenvalue weighted by molar-refractivity contribution is -0.144. The fraction of sp³-hybridized carbons (Fsp3) is 0.381. The molecule has 2 heterocycles. The number of nitrogens with zero attached hydrogens (tertiary/aromatic N) is 4. The standard InChI is InChI=1S/C21H23F3N6O3/c1-4-33-15-7-5-14(6-8-15)27-18(32)11-25-17(31)10-9-16-12(2)26-20-28-19(21(22,23)24)29-30(20)13(16)3/h5-8H,4,9-11H2,1-3H3,(H,25,31)(H,27,32). The molecule has 33 heavy (non-hydrogen) atoms. The number of halogens is 3. The van der Waals surface area contributed by atoms with Gasteiger partial charge in [-0.1, -0.05) is 0 Å². The van der Waals surface area contributed by atoms with Crippen molar-refractivity contribution in [3.63, 3.8) is 0 Å². The zero-order valence-electron chi connectivity index (χ0n) is 18.3. The van der Waals surface area contributed by atoms with Crippen LogP contribution in [-0.2, 0) is 22.2 Å². The second kappa shape index (κ2) is 9.84. The number of ether oxygens (including phenoxy) is 1. The first-order valence-electron chi connectivity index (χ1n) is 10.2. The highest BCUT2D eigenvalue weighted by Gasteiger charge is 2.37. The summed E-state index contributed by atoms with van der Waals surface area (Å²) in [5.41, 5.74) is 2.04. The molecule has 0 spiro atoms. The molecule has 0 atom stereocenters. The van der Waals surface area contributed by atoms with E-state index in [1.807, 2.05) is 6.92 Å². The highest BCUT2D eigenvalue weighted by Crippen LogP contribution is 2.27. The molecule has 3 rings (SSSR count). The van der Waals surface area contributed by atoms with Crippen LogP contribution in [0.5, 0.6) is 5.75 Å². The van der Waals surface area contributed by atoms with Crippen molar-refractivity contribution in [1.82, 2.24) is 24.9 Å². The first-order valence-corrected chi connectivity index (χ1v) is 10.2. The summed E-state index contributed by atoms with van der Waals surface area (Å²) in [7, 11) is 0. The number of alkyl halides is 3. The van der Waals surface area contributed by atoms with Crippen LogP contribution >= 0.6 is 0 Å². The van der Waals surface area contributed by atoms with Crippen molar-refractivity contribution >= 4 is 23.3 Å². The Hall–Kier alpha value is -3.70. The van der Waals surface area contributed by atoms with Crippen LogP contribution in [0.3, 0.4) is 0 Å². The van der Waals surface area contributed by atoms with Gasteiger partial charge in [-0.25, -0.2) is 9.50 Å². The van der Waals surface area contributed by atoms with E-state index in [4.69, 9.17) is 4.74 Å². The van der Waals surface area contributed by atoms with Gasteiger partial charge in [-0.2, -0.15) is 18.2 Å². The third kappa shape index (κ3) is 5.96. The molecule has 1 aromatic carbocycles. The van der Waals surface area contributed by atoms with Gasteiger partial charge in [0.1, 0.15) is 5.75 Å². The summed E-state index contributed by atoms with van der Waals surface area (Å²) < 4.78 is 45.0. The molecule has 2 N–H and O–H groups in total. The average molecular weight is 464 g/mol. The number of hydrogen-bond acceptors (Lipinski definition) is 6. The van der Waals surface area contributed by atoms with Gasteiger partial charge in [-0.3, -0.25) is 9.59 Å². The van der Waals surface area contributed by atoms with Crippen molar-refractivity contribution in [2.75, 3.05) is 18.5 Å². The Kier molecular flexibility index (Phi) is 7.14. The molecule has 0 aliphatic heterocycles. The molecular formula is C21H23F3N6O3. The predicted molar refractivity (Wildman–Crippen MR) is 113 cm³/mol. The summed E-state index contributed by atoms with van der Waals surface area (Å²) in [6.45, 7) is 5.40. The molecule has 0 aliphatic rings. The molecule has 0 saturated carbocycles. The van der Waals surface area contributed by atoms with Crippen molar-refractivity contribution in [3.05, 3.63) is 47.0 Å². The molecule has 0 bridgehead atoms. The number of hydrogen-bond donors (Lipinski definition) is 2. The van der Waals surface area contributed by atoms with Crippen molar-refractivity contribution in [2.45, 2.75) is 39.8 Å². The minimum absolute atomic E-state index is 0.0199. The quantitative estimate of drug-likeness (QED) is 0.531. The van der Waals surface area contributed by atoms with Crippen LogP contribution in [0, 0.1) is 13.8 Å². The van der Waals surface area contributed by atoms with E-state index in [0.717, 1.165) is 4.52 Å². The molecule has 0 unspecified atom stereocenters. The van der Waals surface area contributed by atoms with E-state index in [1.165, 1.54) is 0 Å². The van der Waals surface area contributed by atoms with Gasteiger partial charge in [0.15, 0.2) is 0 Å². The van der Waals surface area contributed by atoms with E-state index in [2.05, 4.69) is 25.7 Å². The monoisotopic (exact) mass is 464 g/mol. The maximum absolute atomic E-state index is 12.9. The zero-order chi connectivity index (χ0) is 24.2. The lowest BCUT2D eigenvalue weighted by atomic mass is 10.1. The van der Waals surface area contributed by atoms with Gasteiger partial charge in [0.25, 0.3) is 11.6 Å². The van der Waals surface area contributed by atoms with Crippen LogP contribution in [0.25, 0.3) is 5.78 Å². The van der Waals surface area contributed by atoms with Crippen molar-refractivity contribution < 1.29 is 27.5 Å². The van der Waals surface area contributed by atoms with E-state index >= 15 is 0 Å². The number of nitrogens with one attached hydrogen (secondary N) is 2. The SMILES string of the molecule is CCOc1ccc(NC(=O)CNC(=O)CCc2c(C)nc3nc(C(F)(F)F)nn3c2C)cc1. The van der Waals surface area contributed by atoms with Gasteiger partial charge in [-0.15, -0.1) is 5.10 Å². The van der Waals surface area contributed by atoms with Crippen molar-refractivity contribution in [3.8, 4) is 5.75 Å². The molecule has 9 nitrogen and oxygen atoms in total. The van der Waals surface area contributed by atoms with E-state index in [-0.39, 0.29) is 31.1 Å². The molecule has 0 saturated heterocycles. The number of carbonyl (C=O) groups is 2. The first kappa shape index (κ1) is 24.0. The third-order valence-corrected chi connectivity index (χ3v) is 4.80. The smallest absolute Gasteiger partial charge is 0.453 e. The highest BCUT2D eigenvalue weighted by atomic mass is 19.4. The Labute approximate surface area is 187 Å². The van der Waals surface area contributed by atoms with Crippen LogP contribution in [0.15, 0.2) is 24.3 Å². The maximum atomic E-state index is 12.9. The van der Waals surface area contributed by atoms with Crippen LogP contribution in [0.2, 0.25) is 0 Å². The van der Waals surface area contributed by atoms with E-state index in [0.29, 0.717) is 35.0 Å². The largest absolute Gasteiger partial charge is 0.494 e. The molecule has 0 radical (unpaired) electrons. The Bertz CT molecular complexity index is 1160. The molecule has 12 heteroatoms. The average Bonchev–Trinajstić information content (AvgIpc) is 3.18. The van der Waals surface area contributed by atoms with Crippen molar-refractivity contribution in [1.29, 1.82) is 0 Å². The summed E-state index contributed by atoms with van der Waals surface area (Å²) >= 11 is 0. The number of carbonyl (C=O) groups excluding carboxylic acids is 2. The van der Waals surface area contributed by atoms with E-state index in [1.54, 1.807) is 38.1 Å². The zero-order valence-corrected chi connectivity index (χ0v) is 18.3. The first-order chi connectivity index (χ1) is 15.6. The Morgan fingerprint density at radius 2 is 1.79 bits per heavy atom. The van der Waals surface area contributed by atoms with Crippen LogP contribution < -0.4 is 15.4 Å².